The highest BCUT2D eigenvalue weighted by Crippen LogP contribution is 2.33. The first kappa shape index (κ1) is 12.8. The lowest BCUT2D eigenvalue weighted by atomic mass is 9.77. The van der Waals surface area contributed by atoms with Crippen molar-refractivity contribution in [3.8, 4) is 0 Å². The third kappa shape index (κ3) is 3.16. The van der Waals surface area contributed by atoms with Gasteiger partial charge in [-0.25, -0.2) is 9.97 Å². The molecular formula is C12H19BrN4. The van der Waals surface area contributed by atoms with Crippen molar-refractivity contribution in [1.29, 1.82) is 0 Å². The Morgan fingerprint density at radius 2 is 2.00 bits per heavy atom. The molecule has 1 aromatic rings. The van der Waals surface area contributed by atoms with Crippen LogP contribution in [-0.2, 0) is 0 Å². The van der Waals surface area contributed by atoms with E-state index in [1.54, 1.807) is 12.4 Å². The van der Waals surface area contributed by atoms with Crippen molar-refractivity contribution in [2.45, 2.75) is 38.1 Å². The van der Waals surface area contributed by atoms with Crippen LogP contribution in [0.2, 0.25) is 0 Å². The van der Waals surface area contributed by atoms with E-state index in [2.05, 4.69) is 38.1 Å². The summed E-state index contributed by atoms with van der Waals surface area (Å²) >= 11 is 3.33. The molecular weight excluding hydrogens is 280 g/mol. The first-order chi connectivity index (χ1) is 8.13. The maximum absolute atomic E-state index is 5.93. The molecule has 0 aliphatic heterocycles. The molecule has 0 aromatic carbocycles. The molecule has 5 heteroatoms. The number of halogens is 1. The predicted molar refractivity (Wildman–Crippen MR) is 72.8 cm³/mol. The summed E-state index contributed by atoms with van der Waals surface area (Å²) in [5.74, 6) is 1.48. The molecule has 1 aliphatic carbocycles. The lowest BCUT2D eigenvalue weighted by molar-refractivity contribution is 0.270. The predicted octanol–water partition coefficient (Wildman–Crippen LogP) is 2.56. The molecule has 2 rings (SSSR count). The lowest BCUT2D eigenvalue weighted by Crippen LogP contribution is -2.48. The molecule has 4 nitrogen and oxygen atoms in total. The van der Waals surface area contributed by atoms with Gasteiger partial charge in [0, 0.05) is 18.9 Å². The molecule has 17 heavy (non-hydrogen) atoms. The topological polar surface area (TPSA) is 63.8 Å². The Hall–Kier alpha value is -0.680. The minimum atomic E-state index is -0.0136. The van der Waals surface area contributed by atoms with Gasteiger partial charge in [0.15, 0.2) is 0 Å². The number of rotatable bonds is 3. The van der Waals surface area contributed by atoms with Crippen LogP contribution in [0.5, 0.6) is 0 Å². The molecule has 1 saturated carbocycles. The maximum atomic E-state index is 5.93. The van der Waals surface area contributed by atoms with E-state index in [9.17, 15) is 0 Å². The highest BCUT2D eigenvalue weighted by Gasteiger charge is 2.33. The highest BCUT2D eigenvalue weighted by atomic mass is 79.9. The quantitative estimate of drug-likeness (QED) is 0.900. The molecule has 0 spiro atoms. The first-order valence-electron chi connectivity index (χ1n) is 6.09. The molecule has 1 fully saturated rings. The summed E-state index contributed by atoms with van der Waals surface area (Å²) in [6.07, 6.45) is 8.16. The van der Waals surface area contributed by atoms with Gasteiger partial charge in [0.25, 0.3) is 0 Å². The van der Waals surface area contributed by atoms with Crippen molar-refractivity contribution >= 4 is 21.9 Å². The number of nitrogens with two attached hydrogens (primary N) is 1. The van der Waals surface area contributed by atoms with E-state index in [1.165, 1.54) is 12.8 Å². The van der Waals surface area contributed by atoms with Gasteiger partial charge in [-0.3, -0.25) is 0 Å². The number of nitrogens with one attached hydrogen (secondary N) is 1. The number of hydrogen-bond donors (Lipinski definition) is 2. The normalized spacial score (nSPS) is 29.0. The molecule has 1 aliphatic rings. The third-order valence-electron chi connectivity index (χ3n) is 3.62. The molecule has 1 aromatic heterocycles. The molecule has 0 amide bonds. The van der Waals surface area contributed by atoms with E-state index in [0.29, 0.717) is 12.5 Å². The van der Waals surface area contributed by atoms with Crippen LogP contribution in [0.4, 0.5) is 5.95 Å². The van der Waals surface area contributed by atoms with E-state index in [1.807, 2.05) is 0 Å². The Balaban J connectivity index is 2.06. The molecule has 0 saturated heterocycles. The summed E-state index contributed by atoms with van der Waals surface area (Å²) in [7, 11) is 0. The third-order valence-corrected chi connectivity index (χ3v) is 4.03. The second-order valence-corrected chi connectivity index (χ2v) is 5.93. The van der Waals surface area contributed by atoms with Crippen LogP contribution in [0.3, 0.4) is 0 Å². The van der Waals surface area contributed by atoms with Crippen LogP contribution in [0.25, 0.3) is 0 Å². The maximum Gasteiger partial charge on any atom is 0.223 e. The van der Waals surface area contributed by atoms with Gasteiger partial charge in [-0.15, -0.1) is 0 Å². The summed E-state index contributed by atoms with van der Waals surface area (Å²) in [6.45, 7) is 2.94. The average molecular weight is 299 g/mol. The van der Waals surface area contributed by atoms with Gasteiger partial charge in [0.05, 0.1) is 10.0 Å². The van der Waals surface area contributed by atoms with Crippen molar-refractivity contribution in [2.75, 3.05) is 11.9 Å². The van der Waals surface area contributed by atoms with Gasteiger partial charge in [-0.05, 0) is 47.5 Å². The van der Waals surface area contributed by atoms with Gasteiger partial charge < -0.3 is 11.1 Å². The average Bonchev–Trinajstić information content (AvgIpc) is 2.35. The van der Waals surface area contributed by atoms with Gasteiger partial charge in [0.1, 0.15) is 0 Å². The first-order valence-corrected chi connectivity index (χ1v) is 6.89. The Bertz CT molecular complexity index is 357. The highest BCUT2D eigenvalue weighted by molar-refractivity contribution is 9.10. The Labute approximate surface area is 111 Å². The van der Waals surface area contributed by atoms with Crippen LogP contribution in [0.15, 0.2) is 16.9 Å². The van der Waals surface area contributed by atoms with E-state index in [4.69, 9.17) is 5.73 Å². The van der Waals surface area contributed by atoms with Crippen LogP contribution < -0.4 is 11.1 Å². The van der Waals surface area contributed by atoms with Gasteiger partial charge in [-0.1, -0.05) is 6.92 Å². The number of nitrogens with zero attached hydrogens (tertiary/aromatic N) is 2. The van der Waals surface area contributed by atoms with E-state index < -0.39 is 0 Å². The van der Waals surface area contributed by atoms with Crippen LogP contribution >= 0.6 is 15.9 Å². The monoisotopic (exact) mass is 298 g/mol. The fourth-order valence-electron chi connectivity index (χ4n) is 2.31. The molecule has 0 bridgehead atoms. The Morgan fingerprint density at radius 1 is 1.41 bits per heavy atom. The summed E-state index contributed by atoms with van der Waals surface area (Å²) in [6, 6.07) is 0. The van der Waals surface area contributed by atoms with Crippen LogP contribution in [-0.4, -0.2) is 22.1 Å². The second-order valence-electron chi connectivity index (χ2n) is 5.02. The molecule has 0 unspecified atom stereocenters. The van der Waals surface area contributed by atoms with E-state index in [0.717, 1.165) is 23.2 Å². The molecule has 94 valence electrons. The minimum absolute atomic E-state index is 0.0136. The minimum Gasteiger partial charge on any atom is -0.348 e. The van der Waals surface area contributed by atoms with Crippen LogP contribution in [0, 0.1) is 5.92 Å². The van der Waals surface area contributed by atoms with Gasteiger partial charge >= 0.3 is 0 Å². The zero-order valence-electron chi connectivity index (χ0n) is 10.1. The SMILES string of the molecule is CC1CCC(CN)(Nc2ncc(Br)cn2)CC1. The zero-order valence-corrected chi connectivity index (χ0v) is 11.7. The van der Waals surface area contributed by atoms with Crippen LogP contribution in [0.1, 0.15) is 32.6 Å². The van der Waals surface area contributed by atoms with Crippen molar-refractivity contribution in [3.05, 3.63) is 16.9 Å². The lowest BCUT2D eigenvalue weighted by Gasteiger charge is -2.39. The largest absolute Gasteiger partial charge is 0.348 e. The van der Waals surface area contributed by atoms with E-state index >= 15 is 0 Å². The molecule has 3 N–H and O–H groups in total. The Morgan fingerprint density at radius 3 is 2.53 bits per heavy atom. The van der Waals surface area contributed by atoms with Crippen molar-refractivity contribution in [1.82, 2.24) is 9.97 Å². The summed E-state index contributed by atoms with van der Waals surface area (Å²) < 4.78 is 0.891. The smallest absolute Gasteiger partial charge is 0.223 e. The summed E-state index contributed by atoms with van der Waals surface area (Å²) in [4.78, 5) is 8.52. The molecule has 1 heterocycles. The summed E-state index contributed by atoms with van der Waals surface area (Å²) in [5.41, 5.74) is 5.92. The molecule has 0 atom stereocenters. The summed E-state index contributed by atoms with van der Waals surface area (Å²) in [5, 5.41) is 3.42. The number of aromatic nitrogens is 2. The standard InChI is InChI=1S/C12H19BrN4/c1-9-2-4-12(8-14,5-3-9)17-11-15-6-10(13)7-16-11/h6-7,9H,2-5,8,14H2,1H3,(H,15,16,17). The zero-order chi connectivity index (χ0) is 12.3. The van der Waals surface area contributed by atoms with Crippen molar-refractivity contribution in [2.24, 2.45) is 11.7 Å². The van der Waals surface area contributed by atoms with Gasteiger partial charge in [0.2, 0.25) is 5.95 Å². The fourth-order valence-corrected chi connectivity index (χ4v) is 2.51. The Kier molecular flexibility index (Phi) is 3.99. The fraction of sp³-hybridized carbons (Fsp3) is 0.667. The number of anilines is 1. The second kappa shape index (κ2) is 5.31. The number of hydrogen-bond acceptors (Lipinski definition) is 4. The van der Waals surface area contributed by atoms with E-state index in [-0.39, 0.29) is 5.54 Å². The van der Waals surface area contributed by atoms with Gasteiger partial charge in [-0.2, -0.15) is 0 Å². The van der Waals surface area contributed by atoms with Crippen molar-refractivity contribution in [3.63, 3.8) is 0 Å². The van der Waals surface area contributed by atoms with Crippen molar-refractivity contribution < 1.29 is 0 Å². The molecule has 0 radical (unpaired) electrons.